The van der Waals surface area contributed by atoms with Crippen molar-refractivity contribution in [1.82, 2.24) is 4.90 Å². The number of likely N-dealkylation sites (tertiary alicyclic amines) is 1. The van der Waals surface area contributed by atoms with Gasteiger partial charge in [0.05, 0.1) is 0 Å². The smallest absolute Gasteiger partial charge is 0.296 e. The van der Waals surface area contributed by atoms with Crippen molar-refractivity contribution in [3.63, 3.8) is 0 Å². The number of nitrogens with zero attached hydrogens (tertiary/aromatic N) is 1. The number of rotatable bonds is 3. The van der Waals surface area contributed by atoms with E-state index in [4.69, 9.17) is 4.55 Å². The third-order valence-electron chi connectivity index (χ3n) is 3.02. The lowest BCUT2D eigenvalue weighted by Crippen LogP contribution is -2.40. The largest absolute Gasteiger partial charge is 0.371 e. The van der Waals surface area contributed by atoms with Crippen LogP contribution < -0.4 is 0 Å². The molecule has 0 aliphatic carbocycles. The predicted molar refractivity (Wildman–Crippen MR) is 62.8 cm³/mol. The van der Waals surface area contributed by atoms with Crippen LogP contribution in [0.1, 0.15) is 12.0 Å². The summed E-state index contributed by atoms with van der Waals surface area (Å²) in [5.41, 5.74) is 1.05. The fraction of sp³-hybridized carbons (Fsp3) is 0.455. The van der Waals surface area contributed by atoms with Gasteiger partial charge in [0.2, 0.25) is 4.93 Å². The third-order valence-corrected chi connectivity index (χ3v) is 4.31. The van der Waals surface area contributed by atoms with E-state index in [1.807, 2.05) is 35.2 Å². The van der Waals surface area contributed by atoms with E-state index in [9.17, 15) is 13.5 Å². The van der Waals surface area contributed by atoms with Crippen molar-refractivity contribution in [2.24, 2.45) is 0 Å². The molecule has 0 bridgehead atoms. The van der Waals surface area contributed by atoms with Gasteiger partial charge >= 0.3 is 0 Å². The molecule has 1 atom stereocenters. The molecule has 1 saturated heterocycles. The lowest BCUT2D eigenvalue weighted by atomic mass is 10.2. The van der Waals surface area contributed by atoms with Crippen molar-refractivity contribution in [2.75, 3.05) is 13.1 Å². The minimum Gasteiger partial charge on any atom is -0.371 e. The molecular weight excluding hydrogens is 242 g/mol. The summed E-state index contributed by atoms with van der Waals surface area (Å²) >= 11 is 0. The van der Waals surface area contributed by atoms with Gasteiger partial charge in [0.25, 0.3) is 10.1 Å². The summed E-state index contributed by atoms with van der Waals surface area (Å²) in [6, 6.07) is 9.58. The number of benzene rings is 1. The molecule has 1 aliphatic heterocycles. The number of β-amino-alcohol motifs (C(OH)–C–C–N with tert-alkyl or cyclic N) is 1. The lowest BCUT2D eigenvalue weighted by molar-refractivity contribution is 0.117. The Hall–Kier alpha value is -0.950. The lowest BCUT2D eigenvalue weighted by Gasteiger charge is -2.20. The summed E-state index contributed by atoms with van der Waals surface area (Å²) < 4.78 is 31.0. The zero-order valence-corrected chi connectivity index (χ0v) is 10.1. The first kappa shape index (κ1) is 12.5. The van der Waals surface area contributed by atoms with E-state index in [-0.39, 0.29) is 13.0 Å². The highest BCUT2D eigenvalue weighted by molar-refractivity contribution is 7.87. The highest BCUT2D eigenvalue weighted by atomic mass is 32.2. The zero-order valence-electron chi connectivity index (χ0n) is 9.28. The van der Waals surface area contributed by atoms with E-state index in [2.05, 4.69) is 0 Å². The maximum Gasteiger partial charge on any atom is 0.296 e. The first-order chi connectivity index (χ1) is 7.91. The molecule has 0 aromatic heterocycles. The maximum absolute atomic E-state index is 11.0. The van der Waals surface area contributed by atoms with Gasteiger partial charge in [0, 0.05) is 26.1 Å². The summed E-state index contributed by atoms with van der Waals surface area (Å²) in [5, 5.41) is 9.80. The van der Waals surface area contributed by atoms with E-state index in [0.29, 0.717) is 13.1 Å². The van der Waals surface area contributed by atoms with E-state index in [1.54, 1.807) is 0 Å². The van der Waals surface area contributed by atoms with Gasteiger partial charge in [-0.15, -0.1) is 0 Å². The second-order valence-electron chi connectivity index (χ2n) is 4.37. The third kappa shape index (κ3) is 2.66. The molecule has 0 spiro atoms. The van der Waals surface area contributed by atoms with Gasteiger partial charge in [0.1, 0.15) is 0 Å². The summed E-state index contributed by atoms with van der Waals surface area (Å²) in [6.45, 7) is 0.963. The van der Waals surface area contributed by atoms with Crippen LogP contribution in [-0.2, 0) is 16.7 Å². The normalized spacial score (nSPS) is 26.2. The second-order valence-corrected chi connectivity index (χ2v) is 6.08. The SMILES string of the molecule is O=S(=O)(O)C1(O)CCN(Cc2ccccc2)C1. The maximum atomic E-state index is 11.0. The molecule has 1 aliphatic rings. The molecule has 1 unspecified atom stereocenters. The van der Waals surface area contributed by atoms with Crippen LogP contribution in [0, 0.1) is 0 Å². The molecule has 1 aromatic rings. The Labute approximate surface area is 100 Å². The van der Waals surface area contributed by atoms with Gasteiger partial charge in [-0.1, -0.05) is 30.3 Å². The Morgan fingerprint density at radius 1 is 1.29 bits per heavy atom. The van der Waals surface area contributed by atoms with Gasteiger partial charge in [-0.3, -0.25) is 9.45 Å². The zero-order chi connectivity index (χ0) is 12.5. The molecule has 94 valence electrons. The van der Waals surface area contributed by atoms with Crippen molar-refractivity contribution in [3.05, 3.63) is 35.9 Å². The molecule has 6 heteroatoms. The van der Waals surface area contributed by atoms with Crippen molar-refractivity contribution in [1.29, 1.82) is 0 Å². The Morgan fingerprint density at radius 2 is 1.94 bits per heavy atom. The summed E-state index contributed by atoms with van der Waals surface area (Å²) in [7, 11) is -4.41. The standard InChI is InChI=1S/C11H15NO4S/c13-11(17(14,15)16)6-7-12(9-11)8-10-4-2-1-3-5-10/h1-5,13H,6-9H2,(H,14,15,16). The number of aliphatic hydroxyl groups is 1. The first-order valence-corrected chi connectivity index (χ1v) is 6.80. The molecule has 1 heterocycles. The fourth-order valence-corrected chi connectivity index (χ4v) is 2.72. The van der Waals surface area contributed by atoms with E-state index in [0.717, 1.165) is 5.56 Å². The fourth-order valence-electron chi connectivity index (χ4n) is 2.03. The van der Waals surface area contributed by atoms with Gasteiger partial charge < -0.3 is 5.11 Å². The first-order valence-electron chi connectivity index (χ1n) is 5.36. The minimum atomic E-state index is -4.41. The number of hydrogen-bond acceptors (Lipinski definition) is 4. The van der Waals surface area contributed by atoms with Crippen LogP contribution in [0.2, 0.25) is 0 Å². The van der Waals surface area contributed by atoms with Crippen molar-refractivity contribution in [3.8, 4) is 0 Å². The van der Waals surface area contributed by atoms with Crippen LogP contribution in [0.15, 0.2) is 30.3 Å². The van der Waals surface area contributed by atoms with Crippen LogP contribution >= 0.6 is 0 Å². The molecule has 0 saturated carbocycles. The van der Waals surface area contributed by atoms with Gasteiger partial charge in [-0.05, 0) is 5.56 Å². The van der Waals surface area contributed by atoms with Crippen LogP contribution in [-0.4, -0.2) is 41.0 Å². The molecule has 0 amide bonds. The molecule has 5 nitrogen and oxygen atoms in total. The molecule has 2 N–H and O–H groups in total. The van der Waals surface area contributed by atoms with Gasteiger partial charge in [-0.2, -0.15) is 8.42 Å². The van der Waals surface area contributed by atoms with Crippen LogP contribution in [0.5, 0.6) is 0 Å². The molecule has 0 radical (unpaired) electrons. The van der Waals surface area contributed by atoms with Gasteiger partial charge in [-0.25, -0.2) is 0 Å². The Balaban J connectivity index is 2.04. The number of hydrogen-bond donors (Lipinski definition) is 2. The van der Waals surface area contributed by atoms with E-state index >= 15 is 0 Å². The highest BCUT2D eigenvalue weighted by Gasteiger charge is 2.46. The van der Waals surface area contributed by atoms with E-state index in [1.165, 1.54) is 0 Å². The second kappa shape index (κ2) is 4.38. The Bertz CT molecular complexity index is 487. The van der Waals surface area contributed by atoms with Crippen molar-refractivity contribution < 1.29 is 18.1 Å². The van der Waals surface area contributed by atoms with Crippen LogP contribution in [0.3, 0.4) is 0 Å². The summed E-state index contributed by atoms with van der Waals surface area (Å²) in [6.07, 6.45) is 0.0403. The quantitative estimate of drug-likeness (QED) is 0.770. The monoisotopic (exact) mass is 257 g/mol. The predicted octanol–water partition coefficient (Wildman–Crippen LogP) is 0.469. The average Bonchev–Trinajstić information content (AvgIpc) is 2.62. The van der Waals surface area contributed by atoms with Crippen molar-refractivity contribution in [2.45, 2.75) is 17.9 Å². The topological polar surface area (TPSA) is 77.8 Å². The summed E-state index contributed by atoms with van der Waals surface area (Å²) in [4.78, 5) is -0.203. The Morgan fingerprint density at radius 3 is 2.47 bits per heavy atom. The van der Waals surface area contributed by atoms with E-state index < -0.39 is 15.1 Å². The molecule has 1 aromatic carbocycles. The van der Waals surface area contributed by atoms with Crippen LogP contribution in [0.4, 0.5) is 0 Å². The van der Waals surface area contributed by atoms with Crippen LogP contribution in [0.25, 0.3) is 0 Å². The minimum absolute atomic E-state index is 0.0403. The molecular formula is C11H15NO4S. The van der Waals surface area contributed by atoms with Gasteiger partial charge in [0.15, 0.2) is 0 Å². The molecule has 1 fully saturated rings. The highest BCUT2D eigenvalue weighted by Crippen LogP contribution is 2.27. The summed E-state index contributed by atoms with van der Waals surface area (Å²) in [5.74, 6) is 0. The van der Waals surface area contributed by atoms with Crippen molar-refractivity contribution >= 4 is 10.1 Å². The molecule has 17 heavy (non-hydrogen) atoms. The Kier molecular flexibility index (Phi) is 3.22. The molecule has 2 rings (SSSR count). The average molecular weight is 257 g/mol.